The molecule has 6 nitrogen and oxygen atoms in total. The lowest BCUT2D eigenvalue weighted by molar-refractivity contribution is -0.120. The van der Waals surface area contributed by atoms with Crippen LogP contribution in [0.15, 0.2) is 52.9 Å². The van der Waals surface area contributed by atoms with Crippen LogP contribution in [-0.2, 0) is 4.79 Å². The monoisotopic (exact) mass is 380 g/mol. The second-order valence-corrected chi connectivity index (χ2v) is 6.60. The smallest absolute Gasteiger partial charge is 0.251 e. The molecule has 0 aliphatic rings. The first-order valence-corrected chi connectivity index (χ1v) is 9.27. The molecule has 1 aromatic heterocycles. The Bertz CT molecular complexity index is 993. The van der Waals surface area contributed by atoms with Gasteiger partial charge in [-0.3, -0.25) is 9.59 Å². The van der Waals surface area contributed by atoms with Gasteiger partial charge >= 0.3 is 0 Å². The quantitative estimate of drug-likeness (QED) is 0.654. The minimum Gasteiger partial charge on any atom is -0.490 e. The second-order valence-electron chi connectivity index (χ2n) is 6.60. The first kappa shape index (κ1) is 19.5. The second kappa shape index (κ2) is 8.61. The number of furan rings is 1. The first-order valence-electron chi connectivity index (χ1n) is 9.27. The highest BCUT2D eigenvalue weighted by molar-refractivity contribution is 5.96. The summed E-state index contributed by atoms with van der Waals surface area (Å²) in [4.78, 5) is 24.4. The molecule has 0 spiro atoms. The Balaban J connectivity index is 1.60. The number of benzene rings is 2. The first-order chi connectivity index (χ1) is 13.5. The lowest BCUT2D eigenvalue weighted by Crippen LogP contribution is -2.37. The third kappa shape index (κ3) is 4.52. The van der Waals surface area contributed by atoms with Crippen LogP contribution in [0.25, 0.3) is 11.0 Å². The van der Waals surface area contributed by atoms with Gasteiger partial charge in [0.15, 0.2) is 11.3 Å². The molecule has 6 heteroatoms. The zero-order valence-corrected chi connectivity index (χ0v) is 16.2. The summed E-state index contributed by atoms with van der Waals surface area (Å²) in [5.74, 6) is 0.728. The van der Waals surface area contributed by atoms with E-state index in [-0.39, 0.29) is 24.4 Å². The average molecular weight is 380 g/mol. The van der Waals surface area contributed by atoms with Crippen molar-refractivity contribution in [2.45, 2.75) is 26.8 Å². The van der Waals surface area contributed by atoms with E-state index in [1.807, 2.05) is 57.2 Å². The Morgan fingerprint density at radius 3 is 2.68 bits per heavy atom. The van der Waals surface area contributed by atoms with E-state index < -0.39 is 0 Å². The lowest BCUT2D eigenvalue weighted by Gasteiger charge is -2.12. The third-order valence-corrected chi connectivity index (χ3v) is 4.32. The van der Waals surface area contributed by atoms with Crippen molar-refractivity contribution in [3.63, 3.8) is 0 Å². The van der Waals surface area contributed by atoms with Gasteiger partial charge in [0.2, 0.25) is 5.91 Å². The van der Waals surface area contributed by atoms with Gasteiger partial charge in [0.25, 0.3) is 5.91 Å². The van der Waals surface area contributed by atoms with Crippen molar-refractivity contribution in [3.05, 3.63) is 65.4 Å². The van der Waals surface area contributed by atoms with Crippen LogP contribution in [0.3, 0.4) is 0 Å². The van der Waals surface area contributed by atoms with E-state index >= 15 is 0 Å². The Morgan fingerprint density at radius 2 is 1.93 bits per heavy atom. The maximum Gasteiger partial charge on any atom is 0.251 e. The molecule has 0 aliphatic heterocycles. The van der Waals surface area contributed by atoms with E-state index in [2.05, 4.69) is 10.6 Å². The number of para-hydroxylation sites is 1. The van der Waals surface area contributed by atoms with Crippen molar-refractivity contribution < 1.29 is 18.7 Å². The molecule has 146 valence electrons. The molecule has 3 aromatic rings. The predicted octanol–water partition coefficient (Wildman–Crippen LogP) is 3.75. The molecule has 0 saturated heterocycles. The molecule has 0 saturated carbocycles. The molecule has 0 aliphatic carbocycles. The van der Waals surface area contributed by atoms with Crippen molar-refractivity contribution in [3.8, 4) is 5.75 Å². The summed E-state index contributed by atoms with van der Waals surface area (Å²) >= 11 is 0. The molecule has 0 fully saturated rings. The Labute approximate surface area is 163 Å². The average Bonchev–Trinajstić information content (AvgIpc) is 3.12. The molecule has 2 N–H and O–H groups in total. The molecule has 2 aromatic carbocycles. The van der Waals surface area contributed by atoms with Gasteiger partial charge in [-0.1, -0.05) is 29.8 Å². The number of hydrogen-bond acceptors (Lipinski definition) is 4. The van der Waals surface area contributed by atoms with Gasteiger partial charge in [-0.05, 0) is 45.0 Å². The Morgan fingerprint density at radius 1 is 1.14 bits per heavy atom. The van der Waals surface area contributed by atoms with Gasteiger partial charge < -0.3 is 19.8 Å². The van der Waals surface area contributed by atoms with Crippen molar-refractivity contribution in [2.75, 3.05) is 13.2 Å². The molecule has 28 heavy (non-hydrogen) atoms. The summed E-state index contributed by atoms with van der Waals surface area (Å²) in [7, 11) is 0. The number of hydrogen-bond donors (Lipinski definition) is 2. The summed E-state index contributed by atoms with van der Waals surface area (Å²) in [5, 5.41) is 6.38. The number of carbonyl (C=O) groups excluding carboxylic acids is 2. The number of ether oxygens (including phenoxy) is 1. The molecule has 2 amide bonds. The topological polar surface area (TPSA) is 80.6 Å². The molecular formula is C22H24N2O4. The maximum absolute atomic E-state index is 12.2. The van der Waals surface area contributed by atoms with Crippen molar-refractivity contribution >= 4 is 22.8 Å². The van der Waals surface area contributed by atoms with Gasteiger partial charge in [-0.15, -0.1) is 0 Å². The molecule has 1 atom stereocenters. The largest absolute Gasteiger partial charge is 0.490 e. The number of aryl methyl sites for hydroxylation is 1. The highest BCUT2D eigenvalue weighted by Crippen LogP contribution is 2.31. The number of rotatable bonds is 7. The Hall–Kier alpha value is -3.28. The number of amides is 2. The van der Waals surface area contributed by atoms with Crippen LogP contribution < -0.4 is 15.4 Å². The van der Waals surface area contributed by atoms with E-state index in [0.29, 0.717) is 29.3 Å². The number of carbonyl (C=O) groups is 2. The van der Waals surface area contributed by atoms with Crippen LogP contribution in [0, 0.1) is 6.92 Å². The van der Waals surface area contributed by atoms with Crippen LogP contribution in [0.4, 0.5) is 0 Å². The zero-order chi connectivity index (χ0) is 20.1. The molecule has 1 heterocycles. The fourth-order valence-corrected chi connectivity index (χ4v) is 2.95. The highest BCUT2D eigenvalue weighted by atomic mass is 16.5. The molecule has 3 rings (SSSR count). The summed E-state index contributed by atoms with van der Waals surface area (Å²) in [6.45, 7) is 6.09. The summed E-state index contributed by atoms with van der Waals surface area (Å²) in [6, 6.07) is 14.4. The van der Waals surface area contributed by atoms with Crippen LogP contribution in [-0.4, -0.2) is 25.0 Å². The van der Waals surface area contributed by atoms with Gasteiger partial charge in [0, 0.05) is 10.9 Å². The molecule has 0 bridgehead atoms. The highest BCUT2D eigenvalue weighted by Gasteiger charge is 2.17. The molecular weight excluding hydrogens is 356 g/mol. The van der Waals surface area contributed by atoms with Crippen LogP contribution in [0.2, 0.25) is 0 Å². The fraction of sp³-hybridized carbons (Fsp3) is 0.273. The van der Waals surface area contributed by atoms with Crippen molar-refractivity contribution in [1.29, 1.82) is 0 Å². The SMILES string of the molecule is CCOc1cccc2cc([C@H](C)NC(=O)CNC(=O)c3cccc(C)c3)oc12. The minimum atomic E-state index is -0.342. The van der Waals surface area contributed by atoms with E-state index in [1.54, 1.807) is 12.1 Å². The lowest BCUT2D eigenvalue weighted by atomic mass is 10.1. The maximum atomic E-state index is 12.2. The van der Waals surface area contributed by atoms with E-state index in [0.717, 1.165) is 10.9 Å². The van der Waals surface area contributed by atoms with Crippen LogP contribution in [0.1, 0.15) is 41.6 Å². The fourth-order valence-electron chi connectivity index (χ4n) is 2.95. The predicted molar refractivity (Wildman–Crippen MR) is 107 cm³/mol. The van der Waals surface area contributed by atoms with Crippen molar-refractivity contribution in [2.24, 2.45) is 0 Å². The standard InChI is InChI=1S/C22H24N2O4/c1-4-27-18-10-6-8-16-12-19(28-21(16)18)15(3)24-20(25)13-23-22(26)17-9-5-7-14(2)11-17/h5-12,15H,4,13H2,1-3H3,(H,23,26)(H,24,25)/t15-/m0/s1. The zero-order valence-electron chi connectivity index (χ0n) is 16.2. The van der Waals surface area contributed by atoms with E-state index in [1.165, 1.54) is 0 Å². The Kier molecular flexibility index (Phi) is 5.99. The van der Waals surface area contributed by atoms with Crippen molar-refractivity contribution in [1.82, 2.24) is 10.6 Å². The minimum absolute atomic E-state index is 0.110. The normalized spacial score (nSPS) is 11.8. The molecule has 0 radical (unpaired) electrons. The van der Waals surface area contributed by atoms with Crippen LogP contribution in [0.5, 0.6) is 5.75 Å². The van der Waals surface area contributed by atoms with Crippen LogP contribution >= 0.6 is 0 Å². The van der Waals surface area contributed by atoms with Gasteiger partial charge in [-0.25, -0.2) is 0 Å². The summed E-state index contributed by atoms with van der Waals surface area (Å²) < 4.78 is 11.5. The van der Waals surface area contributed by atoms with Gasteiger partial charge in [0.05, 0.1) is 19.2 Å². The van der Waals surface area contributed by atoms with Gasteiger partial charge in [-0.2, -0.15) is 0 Å². The summed E-state index contributed by atoms with van der Waals surface area (Å²) in [5.41, 5.74) is 2.18. The van der Waals surface area contributed by atoms with E-state index in [4.69, 9.17) is 9.15 Å². The van der Waals surface area contributed by atoms with E-state index in [9.17, 15) is 9.59 Å². The number of fused-ring (bicyclic) bond motifs is 1. The third-order valence-electron chi connectivity index (χ3n) is 4.32. The molecule has 0 unspecified atom stereocenters. The summed E-state index contributed by atoms with van der Waals surface area (Å²) in [6.07, 6.45) is 0. The number of nitrogens with one attached hydrogen (secondary N) is 2. The van der Waals surface area contributed by atoms with Gasteiger partial charge in [0.1, 0.15) is 5.76 Å².